The summed E-state index contributed by atoms with van der Waals surface area (Å²) in [6.45, 7) is 1.02. The quantitative estimate of drug-likeness (QED) is 0.923. The number of nitrogens with one attached hydrogen (secondary N) is 1. The summed E-state index contributed by atoms with van der Waals surface area (Å²) in [6.07, 6.45) is -0.0514. The number of anilines is 1. The minimum atomic E-state index is -0.475. The molecular weight excluding hydrogens is 268 g/mol. The number of hydrogen-bond acceptors (Lipinski definition) is 3. The number of halogens is 1. The van der Waals surface area contributed by atoms with E-state index >= 15 is 0 Å². The monoisotopic (exact) mass is 282 g/mol. The molecule has 1 fully saturated rings. The first-order valence-corrected chi connectivity index (χ1v) is 6.35. The number of nitrogens with zero attached hydrogens (tertiary/aromatic N) is 1. The number of hydrogen-bond donors (Lipinski definition) is 1. The molecule has 1 N–H and O–H groups in total. The topological polar surface area (TPSA) is 58.6 Å². The van der Waals surface area contributed by atoms with Crippen LogP contribution in [0.2, 0.25) is 5.02 Å². The van der Waals surface area contributed by atoms with Crippen molar-refractivity contribution in [3.63, 3.8) is 0 Å². The molecule has 0 aliphatic carbocycles. The molecule has 0 spiro atoms. The third kappa shape index (κ3) is 3.38. The van der Waals surface area contributed by atoms with E-state index in [1.807, 2.05) is 12.1 Å². The van der Waals surface area contributed by atoms with Gasteiger partial charge in [-0.15, -0.1) is 0 Å². The summed E-state index contributed by atoms with van der Waals surface area (Å²) in [5.74, 6) is 0.154. The van der Waals surface area contributed by atoms with Crippen LogP contribution < -0.4 is 10.2 Å². The molecule has 1 aliphatic heterocycles. The van der Waals surface area contributed by atoms with Gasteiger partial charge in [0.15, 0.2) is 0 Å². The van der Waals surface area contributed by atoms with E-state index in [4.69, 9.17) is 11.6 Å². The smallest absolute Gasteiger partial charge is 0.406 e. The fourth-order valence-electron chi connectivity index (χ4n) is 2.09. The van der Waals surface area contributed by atoms with Crippen molar-refractivity contribution in [1.29, 1.82) is 0 Å². The van der Waals surface area contributed by atoms with Crippen LogP contribution in [-0.2, 0) is 9.53 Å². The average Bonchev–Trinajstić information content (AvgIpc) is 2.78. The van der Waals surface area contributed by atoms with Crippen molar-refractivity contribution in [2.24, 2.45) is 5.92 Å². The van der Waals surface area contributed by atoms with Gasteiger partial charge >= 0.3 is 6.09 Å². The first-order valence-electron chi connectivity index (χ1n) is 5.98. The predicted octanol–water partition coefficient (Wildman–Crippen LogP) is 2.05. The first-order chi connectivity index (χ1) is 9.10. The molecule has 0 aromatic heterocycles. The van der Waals surface area contributed by atoms with Gasteiger partial charge in [0.1, 0.15) is 0 Å². The number of benzene rings is 1. The van der Waals surface area contributed by atoms with E-state index in [1.54, 1.807) is 17.0 Å². The Labute approximate surface area is 116 Å². The van der Waals surface area contributed by atoms with Gasteiger partial charge in [-0.3, -0.25) is 4.79 Å². The molecule has 1 unspecified atom stereocenters. The highest BCUT2D eigenvalue weighted by molar-refractivity contribution is 6.30. The van der Waals surface area contributed by atoms with Crippen LogP contribution in [0.1, 0.15) is 6.42 Å². The Morgan fingerprint density at radius 1 is 1.47 bits per heavy atom. The summed E-state index contributed by atoms with van der Waals surface area (Å²) in [5.41, 5.74) is 0.829. The van der Waals surface area contributed by atoms with Crippen molar-refractivity contribution in [3.8, 4) is 0 Å². The first kappa shape index (κ1) is 13.7. The van der Waals surface area contributed by atoms with Crippen LogP contribution in [0.3, 0.4) is 0 Å². The molecule has 0 saturated carbocycles. The Bertz CT molecular complexity index is 475. The largest absolute Gasteiger partial charge is 0.453 e. The molecule has 102 valence electrons. The Morgan fingerprint density at radius 2 is 2.16 bits per heavy atom. The van der Waals surface area contributed by atoms with E-state index in [9.17, 15) is 9.59 Å². The van der Waals surface area contributed by atoms with E-state index < -0.39 is 6.09 Å². The van der Waals surface area contributed by atoms with Gasteiger partial charge in [-0.1, -0.05) is 11.6 Å². The molecule has 1 atom stereocenters. The summed E-state index contributed by atoms with van der Waals surface area (Å²) in [6, 6.07) is 7.14. The molecular formula is C13H15ClN2O3. The van der Waals surface area contributed by atoms with Crippen LogP contribution in [0.4, 0.5) is 10.5 Å². The zero-order valence-electron chi connectivity index (χ0n) is 10.6. The lowest BCUT2D eigenvalue weighted by molar-refractivity contribution is -0.117. The van der Waals surface area contributed by atoms with E-state index in [0.717, 1.165) is 5.69 Å². The minimum absolute atomic E-state index is 0.0546. The maximum Gasteiger partial charge on any atom is 0.406 e. The van der Waals surface area contributed by atoms with Crippen LogP contribution in [0, 0.1) is 5.92 Å². The van der Waals surface area contributed by atoms with Gasteiger partial charge in [0.2, 0.25) is 5.91 Å². The fraction of sp³-hybridized carbons (Fsp3) is 0.385. The highest BCUT2D eigenvalue weighted by Gasteiger charge is 2.30. The van der Waals surface area contributed by atoms with Crippen molar-refractivity contribution in [2.75, 3.05) is 25.1 Å². The van der Waals surface area contributed by atoms with Gasteiger partial charge in [0, 0.05) is 36.1 Å². The molecule has 2 rings (SSSR count). The number of rotatable bonds is 3. The molecule has 1 heterocycles. The number of amides is 2. The summed E-state index contributed by atoms with van der Waals surface area (Å²) >= 11 is 5.82. The number of carbonyl (C=O) groups is 2. The molecule has 0 bridgehead atoms. The zero-order chi connectivity index (χ0) is 13.8. The van der Waals surface area contributed by atoms with E-state index in [-0.39, 0.29) is 11.8 Å². The number of ether oxygens (including phenoxy) is 1. The van der Waals surface area contributed by atoms with E-state index in [1.165, 1.54) is 7.11 Å². The van der Waals surface area contributed by atoms with Crippen molar-refractivity contribution in [2.45, 2.75) is 6.42 Å². The number of methoxy groups -OCH3 is 1. The van der Waals surface area contributed by atoms with Crippen molar-refractivity contribution in [1.82, 2.24) is 5.32 Å². The molecule has 0 radical (unpaired) electrons. The highest BCUT2D eigenvalue weighted by atomic mass is 35.5. The van der Waals surface area contributed by atoms with Crippen LogP contribution in [0.15, 0.2) is 24.3 Å². The Kier molecular flexibility index (Phi) is 4.27. The normalized spacial score (nSPS) is 18.5. The van der Waals surface area contributed by atoms with Crippen LogP contribution in [-0.4, -0.2) is 32.2 Å². The van der Waals surface area contributed by atoms with Gasteiger partial charge in [0.05, 0.1) is 7.11 Å². The Morgan fingerprint density at radius 3 is 2.79 bits per heavy atom. The third-order valence-electron chi connectivity index (χ3n) is 3.06. The maximum absolute atomic E-state index is 11.9. The summed E-state index contributed by atoms with van der Waals surface area (Å²) < 4.78 is 4.50. The predicted molar refractivity (Wildman–Crippen MR) is 72.3 cm³/mol. The van der Waals surface area contributed by atoms with Crippen LogP contribution >= 0.6 is 11.6 Å². The summed E-state index contributed by atoms with van der Waals surface area (Å²) in [5, 5.41) is 3.25. The minimum Gasteiger partial charge on any atom is -0.453 e. The van der Waals surface area contributed by atoms with Gasteiger partial charge in [-0.2, -0.15) is 0 Å². The zero-order valence-corrected chi connectivity index (χ0v) is 11.3. The molecule has 1 aromatic carbocycles. The van der Waals surface area contributed by atoms with Crippen LogP contribution in [0.25, 0.3) is 0 Å². The van der Waals surface area contributed by atoms with Crippen LogP contribution in [0.5, 0.6) is 0 Å². The van der Waals surface area contributed by atoms with Crippen molar-refractivity contribution in [3.05, 3.63) is 29.3 Å². The Balaban J connectivity index is 1.96. The number of alkyl carbamates (subject to hydrolysis) is 1. The van der Waals surface area contributed by atoms with Crippen molar-refractivity contribution >= 4 is 29.3 Å². The van der Waals surface area contributed by atoms with E-state index in [2.05, 4.69) is 10.1 Å². The molecule has 2 amide bonds. The third-order valence-corrected chi connectivity index (χ3v) is 3.32. The summed E-state index contributed by atoms with van der Waals surface area (Å²) in [7, 11) is 1.31. The standard InChI is InChI=1S/C13H15ClN2O3/c1-19-13(18)15-7-9-6-12(17)16(8-9)11-4-2-10(14)3-5-11/h2-5,9H,6-8H2,1H3,(H,15,18). The lowest BCUT2D eigenvalue weighted by atomic mass is 10.1. The van der Waals surface area contributed by atoms with Gasteiger partial charge < -0.3 is 15.0 Å². The lowest BCUT2D eigenvalue weighted by Crippen LogP contribution is -2.31. The molecule has 1 aromatic rings. The number of carbonyl (C=O) groups excluding carboxylic acids is 2. The Hall–Kier alpha value is -1.75. The second-order valence-electron chi connectivity index (χ2n) is 4.42. The molecule has 5 nitrogen and oxygen atoms in total. The molecule has 1 aliphatic rings. The molecule has 6 heteroatoms. The maximum atomic E-state index is 11.9. The lowest BCUT2D eigenvalue weighted by Gasteiger charge is -2.17. The molecule has 1 saturated heterocycles. The SMILES string of the molecule is COC(=O)NCC1CC(=O)N(c2ccc(Cl)cc2)C1. The summed E-state index contributed by atoms with van der Waals surface area (Å²) in [4.78, 5) is 24.6. The second kappa shape index (κ2) is 5.93. The second-order valence-corrected chi connectivity index (χ2v) is 4.86. The van der Waals surface area contributed by atoms with E-state index in [0.29, 0.717) is 24.5 Å². The van der Waals surface area contributed by atoms with Gasteiger partial charge in [0.25, 0.3) is 0 Å². The molecule has 19 heavy (non-hydrogen) atoms. The fourth-order valence-corrected chi connectivity index (χ4v) is 2.21. The van der Waals surface area contributed by atoms with Gasteiger partial charge in [-0.05, 0) is 24.3 Å². The van der Waals surface area contributed by atoms with Gasteiger partial charge in [-0.25, -0.2) is 4.79 Å². The highest BCUT2D eigenvalue weighted by Crippen LogP contribution is 2.25. The van der Waals surface area contributed by atoms with Crippen molar-refractivity contribution < 1.29 is 14.3 Å². The average molecular weight is 283 g/mol.